The van der Waals surface area contributed by atoms with Crippen molar-refractivity contribution in [2.45, 2.75) is 115 Å². The molecule has 0 bridgehead atoms. The minimum atomic E-state index is -0.402. The number of carbonyl (C=O) groups excluding carboxylic acids is 1. The molecule has 0 spiro atoms. The summed E-state index contributed by atoms with van der Waals surface area (Å²) in [4.78, 5) is 12.4. The van der Waals surface area contributed by atoms with E-state index in [4.69, 9.17) is 18.9 Å². The van der Waals surface area contributed by atoms with Gasteiger partial charge in [0.05, 0.1) is 12.0 Å². The van der Waals surface area contributed by atoms with Crippen LogP contribution in [0.2, 0.25) is 0 Å². The average molecular weight is 463 g/mol. The van der Waals surface area contributed by atoms with Crippen LogP contribution in [0.5, 0.6) is 0 Å². The van der Waals surface area contributed by atoms with Crippen LogP contribution >= 0.6 is 0 Å². The molecular formula is C27H42O6. The summed E-state index contributed by atoms with van der Waals surface area (Å²) in [6.45, 7) is 3.70. The van der Waals surface area contributed by atoms with Gasteiger partial charge in [-0.1, -0.05) is 31.6 Å². The number of aliphatic hydroxyl groups is 1. The van der Waals surface area contributed by atoms with Gasteiger partial charge >= 0.3 is 0 Å². The van der Waals surface area contributed by atoms with Gasteiger partial charge in [0.2, 0.25) is 0 Å². The Labute approximate surface area is 199 Å². The van der Waals surface area contributed by atoms with Crippen LogP contribution in [0.25, 0.3) is 0 Å². The van der Waals surface area contributed by atoms with Crippen molar-refractivity contribution in [2.24, 2.45) is 17.3 Å². The molecular weight excluding hydrogens is 420 g/mol. The Balaban J connectivity index is 1.50. The van der Waals surface area contributed by atoms with Crippen LogP contribution in [-0.4, -0.2) is 55.5 Å². The van der Waals surface area contributed by atoms with E-state index in [1.54, 1.807) is 0 Å². The number of carbonyl (C=O) groups is 1. The van der Waals surface area contributed by atoms with E-state index >= 15 is 0 Å². The van der Waals surface area contributed by atoms with Gasteiger partial charge in [0, 0.05) is 38.1 Å². The van der Waals surface area contributed by atoms with Crippen LogP contribution in [0.3, 0.4) is 0 Å². The van der Waals surface area contributed by atoms with Crippen LogP contribution in [0.4, 0.5) is 0 Å². The Morgan fingerprint density at radius 2 is 1.88 bits per heavy atom. The molecule has 6 heteroatoms. The van der Waals surface area contributed by atoms with E-state index in [9.17, 15) is 9.90 Å². The molecule has 3 unspecified atom stereocenters. The van der Waals surface area contributed by atoms with Gasteiger partial charge in [-0.2, -0.15) is 0 Å². The highest BCUT2D eigenvalue weighted by molar-refractivity contribution is 5.82. The maximum Gasteiger partial charge on any atom is 0.159 e. The first-order valence-electron chi connectivity index (χ1n) is 13.3. The van der Waals surface area contributed by atoms with Crippen molar-refractivity contribution in [3.63, 3.8) is 0 Å². The average Bonchev–Trinajstić information content (AvgIpc) is 3.29. The summed E-state index contributed by atoms with van der Waals surface area (Å²) in [7, 11) is 0. The Bertz CT molecular complexity index is 686. The van der Waals surface area contributed by atoms with E-state index < -0.39 is 5.41 Å². The fourth-order valence-corrected chi connectivity index (χ4v) is 6.10. The normalized spacial score (nSPS) is 37.4. The zero-order chi connectivity index (χ0) is 23.1. The van der Waals surface area contributed by atoms with Crippen LogP contribution in [0.15, 0.2) is 0 Å². The lowest BCUT2D eigenvalue weighted by atomic mass is 9.79. The number of unbranched alkanes of at least 4 members (excludes halogenated alkanes) is 2. The van der Waals surface area contributed by atoms with Gasteiger partial charge in [-0.15, -0.1) is 0 Å². The molecule has 0 aromatic rings. The molecule has 0 radical (unpaired) electrons. The predicted octanol–water partition coefficient (Wildman–Crippen LogP) is 4.37. The number of rotatable bonds is 9. The first-order chi connectivity index (χ1) is 16.1. The van der Waals surface area contributed by atoms with Gasteiger partial charge in [-0.05, 0) is 63.7 Å². The summed E-state index contributed by atoms with van der Waals surface area (Å²) in [5.41, 5.74) is -0.402. The number of hydrogen-bond donors (Lipinski definition) is 1. The summed E-state index contributed by atoms with van der Waals surface area (Å²) in [5.74, 6) is 7.14. The standard InChI is InChI=1S/C27H42O6/c1-2-3-4-9-21(32-25-10-5-7-14-30-25)12-13-22-23-16-20(29)17-27(23,19-28)18-24(22)33-26-11-6-8-15-31-26/h21-26,28H,2-11,14-19H2,1H3/t21-,22-,23?,24+,25?,26?,27-/m0/s1. The third-order valence-corrected chi connectivity index (χ3v) is 7.94. The smallest absolute Gasteiger partial charge is 0.159 e. The first kappa shape index (κ1) is 25.1. The van der Waals surface area contributed by atoms with Gasteiger partial charge < -0.3 is 24.1 Å². The maximum atomic E-state index is 12.4. The maximum absolute atomic E-state index is 12.4. The molecule has 2 aliphatic carbocycles. The molecule has 7 atom stereocenters. The number of ether oxygens (including phenoxy) is 4. The summed E-state index contributed by atoms with van der Waals surface area (Å²) in [6.07, 6.45) is 11.4. The van der Waals surface area contributed by atoms with E-state index in [-0.39, 0.29) is 49.0 Å². The van der Waals surface area contributed by atoms with Crippen molar-refractivity contribution in [3.05, 3.63) is 0 Å². The molecule has 0 aromatic carbocycles. The van der Waals surface area contributed by atoms with Crippen LogP contribution in [-0.2, 0) is 23.7 Å². The fraction of sp³-hybridized carbons (Fsp3) is 0.889. The highest BCUT2D eigenvalue weighted by Gasteiger charge is 2.58. The van der Waals surface area contributed by atoms with Gasteiger partial charge in [0.1, 0.15) is 11.9 Å². The second-order valence-electron chi connectivity index (χ2n) is 10.5. The van der Waals surface area contributed by atoms with Crippen LogP contribution < -0.4 is 0 Å². The first-order valence-corrected chi connectivity index (χ1v) is 13.3. The molecule has 2 saturated carbocycles. The van der Waals surface area contributed by atoms with E-state index in [1.165, 1.54) is 0 Å². The van der Waals surface area contributed by atoms with E-state index in [0.29, 0.717) is 19.3 Å². The molecule has 1 N–H and O–H groups in total. The van der Waals surface area contributed by atoms with E-state index in [2.05, 4.69) is 18.8 Å². The third kappa shape index (κ3) is 6.38. The third-order valence-electron chi connectivity index (χ3n) is 7.94. The minimum Gasteiger partial charge on any atom is -0.396 e. The lowest BCUT2D eigenvalue weighted by molar-refractivity contribution is -0.193. The number of Topliss-reactive ketones (excluding diaryl/α,β-unsaturated/α-hetero) is 1. The van der Waals surface area contributed by atoms with Gasteiger partial charge in [-0.25, -0.2) is 0 Å². The molecule has 2 saturated heterocycles. The van der Waals surface area contributed by atoms with Crippen molar-refractivity contribution in [2.75, 3.05) is 19.8 Å². The van der Waals surface area contributed by atoms with Crippen molar-refractivity contribution in [1.29, 1.82) is 0 Å². The van der Waals surface area contributed by atoms with E-state index in [1.807, 2.05) is 0 Å². The minimum absolute atomic E-state index is 0.0132. The zero-order valence-corrected chi connectivity index (χ0v) is 20.3. The lowest BCUT2D eigenvalue weighted by Crippen LogP contribution is -2.31. The number of ketones is 1. The Kier molecular flexibility index (Phi) is 9.24. The van der Waals surface area contributed by atoms with E-state index in [0.717, 1.165) is 77.4 Å². The largest absolute Gasteiger partial charge is 0.396 e. The van der Waals surface area contributed by atoms with Crippen molar-refractivity contribution < 1.29 is 28.8 Å². The molecule has 0 aromatic heterocycles. The predicted molar refractivity (Wildman–Crippen MR) is 124 cm³/mol. The summed E-state index contributed by atoms with van der Waals surface area (Å²) >= 11 is 0. The molecule has 4 rings (SSSR count). The quantitative estimate of drug-likeness (QED) is 0.405. The van der Waals surface area contributed by atoms with Gasteiger partial charge in [0.15, 0.2) is 12.6 Å². The molecule has 4 fully saturated rings. The Morgan fingerprint density at radius 3 is 2.55 bits per heavy atom. The summed E-state index contributed by atoms with van der Waals surface area (Å²) in [5, 5.41) is 10.3. The fourth-order valence-electron chi connectivity index (χ4n) is 6.10. The van der Waals surface area contributed by atoms with Gasteiger partial charge in [0.25, 0.3) is 0 Å². The molecule has 33 heavy (non-hydrogen) atoms. The van der Waals surface area contributed by atoms with Crippen molar-refractivity contribution >= 4 is 5.78 Å². The lowest BCUT2D eigenvalue weighted by Gasteiger charge is -2.28. The molecule has 4 aliphatic rings. The van der Waals surface area contributed by atoms with Crippen molar-refractivity contribution in [1.82, 2.24) is 0 Å². The molecule has 6 nitrogen and oxygen atoms in total. The van der Waals surface area contributed by atoms with Gasteiger partial charge in [-0.3, -0.25) is 4.79 Å². The van der Waals surface area contributed by atoms with Crippen molar-refractivity contribution in [3.8, 4) is 11.8 Å². The second-order valence-corrected chi connectivity index (χ2v) is 10.5. The highest BCUT2D eigenvalue weighted by atomic mass is 16.7. The Morgan fingerprint density at radius 1 is 1.12 bits per heavy atom. The molecule has 0 amide bonds. The molecule has 2 aliphatic heterocycles. The number of hydrogen-bond acceptors (Lipinski definition) is 6. The zero-order valence-electron chi connectivity index (χ0n) is 20.3. The highest BCUT2D eigenvalue weighted by Crippen LogP contribution is 2.56. The number of aliphatic hydroxyl groups excluding tert-OH is 1. The summed E-state index contributed by atoms with van der Waals surface area (Å²) in [6, 6.07) is 0. The SMILES string of the molecule is CCCCC[C@@H](C#C[C@H]1C2CC(=O)C[C@@]2(CO)C[C@H]1OC1CCCCO1)OC1CCCCO1. The second kappa shape index (κ2) is 12.1. The van der Waals surface area contributed by atoms with Crippen LogP contribution in [0.1, 0.15) is 90.4 Å². The summed E-state index contributed by atoms with van der Waals surface area (Å²) < 4.78 is 24.4. The topological polar surface area (TPSA) is 74.2 Å². The number of fused-ring (bicyclic) bond motifs is 1. The van der Waals surface area contributed by atoms with Crippen LogP contribution in [0, 0.1) is 29.1 Å². The monoisotopic (exact) mass is 462 g/mol. The molecule has 186 valence electrons. The Hall–Kier alpha value is -0.970. The molecule has 2 heterocycles.